The number of nitrogens with zero attached hydrogens (tertiary/aromatic N) is 5. The van der Waals surface area contributed by atoms with Crippen LogP contribution in [-0.4, -0.2) is 45.2 Å². The van der Waals surface area contributed by atoms with Crippen molar-refractivity contribution in [2.75, 3.05) is 30.0 Å². The van der Waals surface area contributed by atoms with Crippen molar-refractivity contribution < 1.29 is 4.79 Å². The van der Waals surface area contributed by atoms with Crippen LogP contribution in [-0.2, 0) is 13.6 Å². The highest BCUT2D eigenvalue weighted by atomic mass is 16.1. The van der Waals surface area contributed by atoms with E-state index >= 15 is 0 Å². The molecule has 1 amide bonds. The summed E-state index contributed by atoms with van der Waals surface area (Å²) in [6, 6.07) is 9.88. The molecule has 1 fully saturated rings. The smallest absolute Gasteiger partial charge is 0.254 e. The number of rotatable bonds is 4. The molecule has 166 valence electrons. The highest BCUT2D eigenvalue weighted by molar-refractivity contribution is 6.06. The Morgan fingerprint density at radius 1 is 1.15 bits per heavy atom. The zero-order valence-corrected chi connectivity index (χ0v) is 18.3. The van der Waals surface area contributed by atoms with Gasteiger partial charge in [-0.25, -0.2) is 9.97 Å². The lowest BCUT2D eigenvalue weighted by atomic mass is 10.0. The molecular weight excluding hydrogens is 416 g/mol. The van der Waals surface area contributed by atoms with Crippen LogP contribution in [0.5, 0.6) is 0 Å². The van der Waals surface area contributed by atoms with Crippen LogP contribution in [0.1, 0.15) is 22.3 Å². The molecule has 4 aromatic heterocycles. The van der Waals surface area contributed by atoms with Gasteiger partial charge in [-0.3, -0.25) is 15.1 Å². The molecule has 0 saturated carbocycles. The van der Waals surface area contributed by atoms with E-state index in [4.69, 9.17) is 9.97 Å². The molecule has 0 atom stereocenters. The van der Waals surface area contributed by atoms with E-state index in [1.54, 1.807) is 12.4 Å². The third kappa shape index (κ3) is 3.37. The van der Waals surface area contributed by atoms with Crippen molar-refractivity contribution in [2.24, 2.45) is 7.05 Å². The molecular formula is C24H24N8O. The van der Waals surface area contributed by atoms with Crippen LogP contribution in [0.3, 0.4) is 0 Å². The third-order valence-electron chi connectivity index (χ3n) is 6.26. The van der Waals surface area contributed by atoms with Gasteiger partial charge in [0.25, 0.3) is 5.91 Å². The molecule has 6 rings (SSSR count). The lowest BCUT2D eigenvalue weighted by molar-refractivity contribution is 0.0966. The van der Waals surface area contributed by atoms with E-state index in [1.807, 2.05) is 48.1 Å². The predicted octanol–water partition coefficient (Wildman–Crippen LogP) is 2.77. The molecule has 6 heterocycles. The Morgan fingerprint density at radius 3 is 2.97 bits per heavy atom. The van der Waals surface area contributed by atoms with Gasteiger partial charge in [-0.1, -0.05) is 6.07 Å². The number of hydrogen-bond acceptors (Lipinski definition) is 7. The monoisotopic (exact) mass is 440 g/mol. The predicted molar refractivity (Wildman–Crippen MR) is 127 cm³/mol. The fourth-order valence-electron chi connectivity index (χ4n) is 4.63. The largest absolute Gasteiger partial charge is 0.348 e. The lowest BCUT2D eigenvalue weighted by Gasteiger charge is -2.28. The number of fused-ring (bicyclic) bond motifs is 2. The Morgan fingerprint density at radius 2 is 2.09 bits per heavy atom. The summed E-state index contributed by atoms with van der Waals surface area (Å²) in [5.74, 6) is 1.48. The zero-order chi connectivity index (χ0) is 22.4. The van der Waals surface area contributed by atoms with Crippen LogP contribution in [0.15, 0.2) is 48.9 Å². The molecule has 33 heavy (non-hydrogen) atoms. The Bertz CT molecular complexity index is 1370. The van der Waals surface area contributed by atoms with Gasteiger partial charge in [0.1, 0.15) is 17.3 Å². The molecule has 9 heteroatoms. The van der Waals surface area contributed by atoms with E-state index in [0.717, 1.165) is 59.9 Å². The highest BCUT2D eigenvalue weighted by Gasteiger charge is 2.28. The first-order valence-electron chi connectivity index (χ1n) is 11.1. The molecule has 0 aliphatic carbocycles. The van der Waals surface area contributed by atoms with Crippen molar-refractivity contribution in [1.29, 1.82) is 0 Å². The van der Waals surface area contributed by atoms with Gasteiger partial charge in [0, 0.05) is 49.0 Å². The minimum atomic E-state index is -0.106. The molecule has 3 N–H and O–H groups in total. The third-order valence-corrected chi connectivity index (χ3v) is 6.26. The van der Waals surface area contributed by atoms with Crippen LogP contribution in [0.2, 0.25) is 0 Å². The average molecular weight is 441 g/mol. The van der Waals surface area contributed by atoms with E-state index in [0.29, 0.717) is 23.6 Å². The molecule has 0 bridgehead atoms. The van der Waals surface area contributed by atoms with E-state index in [-0.39, 0.29) is 5.91 Å². The van der Waals surface area contributed by atoms with Gasteiger partial charge in [-0.2, -0.15) is 0 Å². The topological polar surface area (TPSA) is 100 Å². The maximum Gasteiger partial charge on any atom is 0.254 e. The second-order valence-corrected chi connectivity index (χ2v) is 8.36. The van der Waals surface area contributed by atoms with Gasteiger partial charge in [0.15, 0.2) is 0 Å². The Balaban J connectivity index is 1.39. The summed E-state index contributed by atoms with van der Waals surface area (Å²) in [6.45, 7) is 3.22. The summed E-state index contributed by atoms with van der Waals surface area (Å²) in [7, 11) is 1.97. The number of aromatic nitrogens is 4. The van der Waals surface area contributed by atoms with E-state index in [9.17, 15) is 4.79 Å². The maximum absolute atomic E-state index is 12.8. The van der Waals surface area contributed by atoms with Crippen molar-refractivity contribution >= 4 is 34.3 Å². The van der Waals surface area contributed by atoms with Crippen molar-refractivity contribution in [1.82, 2.24) is 30.2 Å². The fourth-order valence-corrected chi connectivity index (χ4v) is 4.63. The zero-order valence-electron chi connectivity index (χ0n) is 18.3. The van der Waals surface area contributed by atoms with Crippen LogP contribution in [0.25, 0.3) is 22.3 Å². The molecule has 0 spiro atoms. The van der Waals surface area contributed by atoms with E-state index in [2.05, 4.69) is 25.8 Å². The van der Waals surface area contributed by atoms with Crippen LogP contribution in [0, 0.1) is 0 Å². The SMILES string of the molecule is Cn1ccc2c(-c3ncc(Nc4cccc(N5CCCNC5)n4)c4c3CNC4=O)ccnc21. The minimum absolute atomic E-state index is 0.106. The first-order valence-corrected chi connectivity index (χ1v) is 11.1. The summed E-state index contributed by atoms with van der Waals surface area (Å²) in [6.07, 6.45) is 6.58. The average Bonchev–Trinajstić information content (AvgIpc) is 3.43. The van der Waals surface area contributed by atoms with Gasteiger partial charge in [0.2, 0.25) is 0 Å². The molecule has 1 saturated heterocycles. The number of pyridine rings is 3. The molecule has 0 unspecified atom stereocenters. The van der Waals surface area contributed by atoms with Crippen molar-refractivity contribution in [3.05, 3.63) is 60.0 Å². The number of nitrogens with one attached hydrogen (secondary N) is 3. The molecule has 0 aromatic carbocycles. The quantitative estimate of drug-likeness (QED) is 0.449. The number of carbonyl (C=O) groups excluding carboxylic acids is 1. The van der Waals surface area contributed by atoms with Gasteiger partial charge in [0.05, 0.1) is 29.8 Å². The summed E-state index contributed by atoms with van der Waals surface area (Å²) in [4.78, 5) is 29.1. The summed E-state index contributed by atoms with van der Waals surface area (Å²) in [5, 5.41) is 10.7. The Hall–Kier alpha value is -3.98. The van der Waals surface area contributed by atoms with Crippen molar-refractivity contribution in [3.63, 3.8) is 0 Å². The summed E-state index contributed by atoms with van der Waals surface area (Å²) >= 11 is 0. The first-order chi connectivity index (χ1) is 16.2. The maximum atomic E-state index is 12.8. The summed E-state index contributed by atoms with van der Waals surface area (Å²) in [5.41, 5.74) is 4.82. The van der Waals surface area contributed by atoms with Gasteiger partial charge < -0.3 is 20.1 Å². The number of amides is 1. The van der Waals surface area contributed by atoms with Gasteiger partial charge in [-0.15, -0.1) is 0 Å². The number of aryl methyl sites for hydroxylation is 1. The Kier molecular flexibility index (Phi) is 4.69. The Labute approximate surface area is 190 Å². The highest BCUT2D eigenvalue weighted by Crippen LogP contribution is 2.36. The van der Waals surface area contributed by atoms with Gasteiger partial charge in [-0.05, 0) is 37.2 Å². The molecule has 0 radical (unpaired) electrons. The molecule has 9 nitrogen and oxygen atoms in total. The number of anilines is 3. The second kappa shape index (κ2) is 7.86. The second-order valence-electron chi connectivity index (χ2n) is 8.36. The normalized spacial score (nSPS) is 15.5. The molecule has 2 aliphatic rings. The minimum Gasteiger partial charge on any atom is -0.348 e. The lowest BCUT2D eigenvalue weighted by Crippen LogP contribution is -2.42. The van der Waals surface area contributed by atoms with Crippen LogP contribution < -0.4 is 20.9 Å². The van der Waals surface area contributed by atoms with Crippen LogP contribution in [0.4, 0.5) is 17.3 Å². The van der Waals surface area contributed by atoms with E-state index < -0.39 is 0 Å². The number of hydrogen-bond donors (Lipinski definition) is 3. The summed E-state index contributed by atoms with van der Waals surface area (Å²) < 4.78 is 1.98. The molecule has 4 aromatic rings. The number of carbonyl (C=O) groups is 1. The molecule has 2 aliphatic heterocycles. The van der Waals surface area contributed by atoms with E-state index in [1.165, 1.54) is 0 Å². The first kappa shape index (κ1) is 19.7. The fraction of sp³-hybridized carbons (Fsp3) is 0.250. The van der Waals surface area contributed by atoms with Gasteiger partial charge >= 0.3 is 0 Å². The van der Waals surface area contributed by atoms with Crippen molar-refractivity contribution in [3.8, 4) is 11.3 Å². The van der Waals surface area contributed by atoms with Crippen molar-refractivity contribution in [2.45, 2.75) is 13.0 Å². The van der Waals surface area contributed by atoms with Crippen LogP contribution >= 0.6 is 0 Å². The standard InChI is InChI=1S/C24H24N8O/c1-31-11-7-16-15(6-9-26-23(16)31)22-17-12-28-24(33)21(17)18(13-27-22)29-19-4-2-5-20(30-19)32-10-3-8-25-14-32/h2,4-7,9,11,13,25H,3,8,10,12,14H2,1H3,(H,28,33)(H,29,30).